The number of aromatic nitrogens is 2. The van der Waals surface area contributed by atoms with Crippen LogP contribution in [0.3, 0.4) is 0 Å². The molecule has 2 atom stereocenters. The Labute approximate surface area is 111 Å². The average Bonchev–Trinajstić information content (AvgIpc) is 2.94. The van der Waals surface area contributed by atoms with Crippen LogP contribution in [-0.2, 0) is 16.1 Å². The second kappa shape index (κ2) is 5.78. The summed E-state index contributed by atoms with van der Waals surface area (Å²) < 4.78 is 45.0. The summed E-state index contributed by atoms with van der Waals surface area (Å²) >= 11 is 0. The van der Waals surface area contributed by atoms with Crippen molar-refractivity contribution in [3.05, 3.63) is 11.7 Å². The summed E-state index contributed by atoms with van der Waals surface area (Å²) in [6.45, 7) is -1.76. The van der Waals surface area contributed by atoms with E-state index in [1.165, 1.54) is 0 Å². The summed E-state index contributed by atoms with van der Waals surface area (Å²) in [5, 5.41) is 12.4. The van der Waals surface area contributed by atoms with Crippen molar-refractivity contribution in [2.45, 2.75) is 38.0 Å². The zero-order valence-corrected chi connectivity index (χ0v) is 10.4. The van der Waals surface area contributed by atoms with Gasteiger partial charge in [-0.25, -0.2) is 0 Å². The normalized spacial score (nSPS) is 23.1. The summed E-state index contributed by atoms with van der Waals surface area (Å²) in [5.74, 6) is -1.15. The molecule has 0 saturated heterocycles. The molecule has 1 heterocycles. The molecular formula is C11H13F3N2O4. The second-order valence-corrected chi connectivity index (χ2v) is 4.70. The minimum atomic E-state index is -4.40. The van der Waals surface area contributed by atoms with Crippen LogP contribution in [0.4, 0.5) is 13.2 Å². The van der Waals surface area contributed by atoms with E-state index in [9.17, 15) is 18.0 Å². The van der Waals surface area contributed by atoms with E-state index in [1.54, 1.807) is 0 Å². The van der Waals surface area contributed by atoms with Gasteiger partial charge in [-0.15, -0.1) is 0 Å². The fourth-order valence-corrected chi connectivity index (χ4v) is 2.18. The molecule has 0 spiro atoms. The van der Waals surface area contributed by atoms with Gasteiger partial charge < -0.3 is 14.4 Å². The highest BCUT2D eigenvalue weighted by atomic mass is 19.4. The van der Waals surface area contributed by atoms with Gasteiger partial charge in [-0.3, -0.25) is 4.79 Å². The summed E-state index contributed by atoms with van der Waals surface area (Å²) in [5.41, 5.74) is 0. The molecule has 0 aromatic carbocycles. The smallest absolute Gasteiger partial charge is 0.411 e. The summed E-state index contributed by atoms with van der Waals surface area (Å²) in [6.07, 6.45) is -2.85. The topological polar surface area (TPSA) is 85.5 Å². The predicted octanol–water partition coefficient (Wildman–Crippen LogP) is 2.12. The minimum Gasteiger partial charge on any atom is -0.481 e. The first-order valence-electron chi connectivity index (χ1n) is 6.05. The lowest BCUT2D eigenvalue weighted by Gasteiger charge is -2.04. The molecular weight excluding hydrogens is 281 g/mol. The molecule has 0 amide bonds. The van der Waals surface area contributed by atoms with E-state index in [4.69, 9.17) is 9.63 Å². The van der Waals surface area contributed by atoms with Crippen molar-refractivity contribution in [1.82, 2.24) is 10.1 Å². The van der Waals surface area contributed by atoms with Crippen molar-refractivity contribution in [2.75, 3.05) is 6.61 Å². The van der Waals surface area contributed by atoms with Crippen LogP contribution in [0.1, 0.15) is 36.9 Å². The molecule has 2 rings (SSSR count). The monoisotopic (exact) mass is 294 g/mol. The SMILES string of the molecule is O=C(O)C1CCC(c2nc(COCC(F)(F)F)no2)C1. The molecule has 9 heteroatoms. The number of hydrogen-bond acceptors (Lipinski definition) is 5. The standard InChI is InChI=1S/C11H13F3N2O4/c12-11(13,14)5-19-4-8-15-9(20-16-8)6-1-2-7(3-6)10(17)18/h6-7H,1-5H2,(H,17,18). The molecule has 0 radical (unpaired) electrons. The Kier molecular flexibility index (Phi) is 4.26. The van der Waals surface area contributed by atoms with Crippen molar-refractivity contribution in [3.8, 4) is 0 Å². The van der Waals surface area contributed by atoms with Crippen molar-refractivity contribution < 1.29 is 32.3 Å². The zero-order chi connectivity index (χ0) is 14.8. The average molecular weight is 294 g/mol. The molecule has 1 aliphatic carbocycles. The van der Waals surface area contributed by atoms with Crippen LogP contribution in [0.5, 0.6) is 0 Å². The first-order chi connectivity index (χ1) is 9.35. The van der Waals surface area contributed by atoms with Crippen LogP contribution in [0, 0.1) is 5.92 Å². The Balaban J connectivity index is 1.85. The van der Waals surface area contributed by atoms with Gasteiger partial charge in [0.2, 0.25) is 5.89 Å². The van der Waals surface area contributed by atoms with Crippen molar-refractivity contribution in [3.63, 3.8) is 0 Å². The molecule has 20 heavy (non-hydrogen) atoms. The molecule has 1 fully saturated rings. The first kappa shape index (κ1) is 14.8. The number of carboxylic acids is 1. The Morgan fingerprint density at radius 2 is 2.20 bits per heavy atom. The van der Waals surface area contributed by atoms with E-state index in [0.717, 1.165) is 0 Å². The van der Waals surface area contributed by atoms with Gasteiger partial charge in [-0.05, 0) is 19.3 Å². The lowest BCUT2D eigenvalue weighted by molar-refractivity contribution is -0.177. The van der Waals surface area contributed by atoms with Gasteiger partial charge in [-0.1, -0.05) is 5.16 Å². The Morgan fingerprint density at radius 1 is 1.45 bits per heavy atom. The molecule has 0 aliphatic heterocycles. The van der Waals surface area contributed by atoms with Gasteiger partial charge in [0.25, 0.3) is 0 Å². The van der Waals surface area contributed by atoms with E-state index in [2.05, 4.69) is 14.9 Å². The third kappa shape index (κ3) is 3.92. The Hall–Kier alpha value is -1.64. The molecule has 1 aliphatic rings. The highest BCUT2D eigenvalue weighted by Crippen LogP contribution is 2.37. The molecule has 2 unspecified atom stereocenters. The van der Waals surface area contributed by atoms with Gasteiger partial charge in [-0.2, -0.15) is 18.2 Å². The summed E-state index contributed by atoms with van der Waals surface area (Å²) in [4.78, 5) is 14.8. The highest BCUT2D eigenvalue weighted by Gasteiger charge is 2.34. The Bertz CT molecular complexity index is 474. The van der Waals surface area contributed by atoms with E-state index >= 15 is 0 Å². The van der Waals surface area contributed by atoms with Crippen molar-refractivity contribution in [1.29, 1.82) is 0 Å². The molecule has 1 aromatic rings. The number of nitrogens with zero attached hydrogens (tertiary/aromatic N) is 2. The van der Waals surface area contributed by atoms with Crippen LogP contribution < -0.4 is 0 Å². The second-order valence-electron chi connectivity index (χ2n) is 4.70. The predicted molar refractivity (Wildman–Crippen MR) is 57.7 cm³/mol. The molecule has 112 valence electrons. The fraction of sp³-hybridized carbons (Fsp3) is 0.727. The molecule has 1 aromatic heterocycles. The number of carbonyl (C=O) groups is 1. The van der Waals surface area contributed by atoms with E-state index in [0.29, 0.717) is 19.3 Å². The number of rotatable bonds is 5. The number of hydrogen-bond donors (Lipinski definition) is 1. The minimum absolute atomic E-state index is 0.0306. The maximum absolute atomic E-state index is 11.9. The number of carboxylic acid groups (broad SMARTS) is 1. The maximum atomic E-state index is 11.9. The molecule has 6 nitrogen and oxygen atoms in total. The quantitative estimate of drug-likeness (QED) is 0.895. The third-order valence-corrected chi connectivity index (χ3v) is 3.11. The molecule has 1 N–H and O–H groups in total. The van der Waals surface area contributed by atoms with Crippen LogP contribution in [0.25, 0.3) is 0 Å². The highest BCUT2D eigenvalue weighted by molar-refractivity contribution is 5.70. The van der Waals surface area contributed by atoms with Crippen LogP contribution in [-0.4, -0.2) is 34.0 Å². The van der Waals surface area contributed by atoms with Gasteiger partial charge in [0.1, 0.15) is 13.2 Å². The lowest BCUT2D eigenvalue weighted by atomic mass is 10.1. The van der Waals surface area contributed by atoms with Gasteiger partial charge in [0.15, 0.2) is 5.82 Å². The lowest BCUT2D eigenvalue weighted by Crippen LogP contribution is -2.17. The molecule has 1 saturated carbocycles. The third-order valence-electron chi connectivity index (χ3n) is 3.11. The summed E-state index contributed by atoms with van der Waals surface area (Å²) in [7, 11) is 0. The molecule has 0 bridgehead atoms. The number of halogens is 3. The summed E-state index contributed by atoms with van der Waals surface area (Å²) in [6, 6.07) is 0. The van der Waals surface area contributed by atoms with Crippen LogP contribution in [0.15, 0.2) is 4.52 Å². The number of aliphatic carboxylic acids is 1. The van der Waals surface area contributed by atoms with Crippen LogP contribution >= 0.6 is 0 Å². The first-order valence-corrected chi connectivity index (χ1v) is 6.05. The van der Waals surface area contributed by atoms with Crippen LogP contribution in [0.2, 0.25) is 0 Å². The van der Waals surface area contributed by atoms with E-state index < -0.39 is 31.3 Å². The van der Waals surface area contributed by atoms with E-state index in [-0.39, 0.29) is 17.6 Å². The van der Waals surface area contributed by atoms with Crippen molar-refractivity contribution in [2.24, 2.45) is 5.92 Å². The van der Waals surface area contributed by atoms with Gasteiger partial charge >= 0.3 is 12.1 Å². The van der Waals surface area contributed by atoms with E-state index in [1.807, 2.05) is 0 Å². The van der Waals surface area contributed by atoms with Gasteiger partial charge in [0, 0.05) is 5.92 Å². The zero-order valence-electron chi connectivity index (χ0n) is 10.4. The number of ether oxygens (including phenoxy) is 1. The van der Waals surface area contributed by atoms with Gasteiger partial charge in [0.05, 0.1) is 5.92 Å². The fourth-order valence-electron chi connectivity index (χ4n) is 2.18. The van der Waals surface area contributed by atoms with Crippen molar-refractivity contribution >= 4 is 5.97 Å². The Morgan fingerprint density at radius 3 is 2.80 bits per heavy atom. The largest absolute Gasteiger partial charge is 0.481 e. The maximum Gasteiger partial charge on any atom is 0.411 e. The number of alkyl halides is 3.